The molecule has 0 saturated carbocycles. The standard InChI is InChI=1S/C22H24N2O4/c25-21(24-12-10-23(11-13-24)19-7-2-1-3-8-19)16-28-22(26)18-14-17-6-4-5-9-20(17)27-15-18/h1-9,18H,10-16H2/t18-/m1/s1. The first-order valence-corrected chi connectivity index (χ1v) is 9.66. The van der Waals surface area contributed by atoms with Gasteiger partial charge >= 0.3 is 5.97 Å². The fourth-order valence-electron chi connectivity index (χ4n) is 3.67. The molecule has 1 amide bonds. The highest BCUT2D eigenvalue weighted by Gasteiger charge is 2.28. The first-order valence-electron chi connectivity index (χ1n) is 9.66. The Balaban J connectivity index is 1.23. The van der Waals surface area contributed by atoms with Crippen molar-refractivity contribution >= 4 is 17.6 Å². The second kappa shape index (κ2) is 8.33. The Labute approximate surface area is 164 Å². The molecular weight excluding hydrogens is 356 g/mol. The van der Waals surface area contributed by atoms with Crippen molar-refractivity contribution in [3.63, 3.8) is 0 Å². The fourth-order valence-corrected chi connectivity index (χ4v) is 3.67. The maximum absolute atomic E-state index is 12.4. The number of rotatable bonds is 4. The number of piperazine rings is 1. The molecule has 4 rings (SSSR count). The number of amides is 1. The van der Waals surface area contributed by atoms with Gasteiger partial charge in [0.25, 0.3) is 5.91 Å². The molecule has 0 radical (unpaired) electrons. The monoisotopic (exact) mass is 380 g/mol. The van der Waals surface area contributed by atoms with Gasteiger partial charge in [-0.15, -0.1) is 0 Å². The van der Waals surface area contributed by atoms with Crippen molar-refractivity contribution in [2.75, 3.05) is 44.3 Å². The third-order valence-electron chi connectivity index (χ3n) is 5.30. The summed E-state index contributed by atoms with van der Waals surface area (Å²) in [5, 5.41) is 0. The van der Waals surface area contributed by atoms with Crippen LogP contribution >= 0.6 is 0 Å². The van der Waals surface area contributed by atoms with Gasteiger partial charge in [-0.25, -0.2) is 0 Å². The number of para-hydroxylation sites is 2. The molecule has 2 aliphatic heterocycles. The normalized spacial score (nSPS) is 18.8. The number of esters is 1. The van der Waals surface area contributed by atoms with Crippen molar-refractivity contribution in [2.45, 2.75) is 6.42 Å². The highest BCUT2D eigenvalue weighted by atomic mass is 16.5. The minimum Gasteiger partial charge on any atom is -0.492 e. The van der Waals surface area contributed by atoms with Gasteiger partial charge in [0.2, 0.25) is 0 Å². The Morgan fingerprint density at radius 1 is 0.964 bits per heavy atom. The molecule has 2 aromatic rings. The first-order chi connectivity index (χ1) is 13.7. The number of hydrogen-bond acceptors (Lipinski definition) is 5. The number of ether oxygens (including phenoxy) is 2. The smallest absolute Gasteiger partial charge is 0.313 e. The van der Waals surface area contributed by atoms with Gasteiger partial charge in [0.1, 0.15) is 12.4 Å². The van der Waals surface area contributed by atoms with Crippen LogP contribution in [-0.2, 0) is 20.7 Å². The van der Waals surface area contributed by atoms with Crippen LogP contribution in [0, 0.1) is 5.92 Å². The van der Waals surface area contributed by atoms with Gasteiger partial charge in [0.05, 0.1) is 5.92 Å². The molecule has 0 bridgehead atoms. The van der Waals surface area contributed by atoms with Crippen molar-refractivity contribution < 1.29 is 19.1 Å². The average Bonchev–Trinajstić information content (AvgIpc) is 2.77. The topological polar surface area (TPSA) is 59.1 Å². The minimum absolute atomic E-state index is 0.141. The Kier molecular flexibility index (Phi) is 5.46. The highest BCUT2D eigenvalue weighted by Crippen LogP contribution is 2.27. The molecule has 146 valence electrons. The summed E-state index contributed by atoms with van der Waals surface area (Å²) in [7, 11) is 0. The lowest BCUT2D eigenvalue weighted by atomic mass is 9.97. The Bertz CT molecular complexity index is 831. The van der Waals surface area contributed by atoms with Gasteiger partial charge in [-0.2, -0.15) is 0 Å². The molecule has 0 spiro atoms. The number of carbonyl (C=O) groups excluding carboxylic acids is 2. The summed E-state index contributed by atoms with van der Waals surface area (Å²) in [6.45, 7) is 2.90. The van der Waals surface area contributed by atoms with Gasteiger partial charge in [-0.05, 0) is 30.2 Å². The molecule has 6 heteroatoms. The van der Waals surface area contributed by atoms with E-state index in [9.17, 15) is 9.59 Å². The maximum atomic E-state index is 12.4. The van der Waals surface area contributed by atoms with Crippen LogP contribution in [0.3, 0.4) is 0 Å². The number of anilines is 1. The van der Waals surface area contributed by atoms with Gasteiger partial charge < -0.3 is 19.3 Å². The predicted octanol–water partition coefficient (Wildman–Crippen LogP) is 2.13. The van der Waals surface area contributed by atoms with E-state index in [2.05, 4.69) is 17.0 Å². The zero-order valence-electron chi connectivity index (χ0n) is 15.8. The lowest BCUT2D eigenvalue weighted by Gasteiger charge is -2.36. The minimum atomic E-state index is -0.370. The van der Waals surface area contributed by atoms with E-state index in [-0.39, 0.29) is 24.4 Å². The molecule has 0 N–H and O–H groups in total. The second-order valence-electron chi connectivity index (χ2n) is 7.13. The molecule has 1 fully saturated rings. The zero-order valence-corrected chi connectivity index (χ0v) is 15.8. The van der Waals surface area contributed by atoms with Crippen molar-refractivity contribution in [3.05, 3.63) is 60.2 Å². The number of carbonyl (C=O) groups is 2. The van der Waals surface area contributed by atoms with Gasteiger partial charge in [-0.3, -0.25) is 9.59 Å². The van der Waals surface area contributed by atoms with Gasteiger partial charge in [0, 0.05) is 31.9 Å². The second-order valence-corrected chi connectivity index (χ2v) is 7.13. The number of benzene rings is 2. The first kappa shape index (κ1) is 18.3. The quantitative estimate of drug-likeness (QED) is 0.761. The van der Waals surface area contributed by atoms with E-state index in [4.69, 9.17) is 9.47 Å². The van der Waals surface area contributed by atoms with E-state index in [0.717, 1.165) is 24.4 Å². The summed E-state index contributed by atoms with van der Waals surface area (Å²) in [5.41, 5.74) is 2.16. The Morgan fingerprint density at radius 3 is 2.46 bits per heavy atom. The van der Waals surface area contributed by atoms with E-state index >= 15 is 0 Å². The molecule has 2 aromatic carbocycles. The summed E-state index contributed by atoms with van der Waals surface area (Å²) in [6.07, 6.45) is 0.582. The molecule has 1 saturated heterocycles. The molecule has 2 aliphatic rings. The fraction of sp³-hybridized carbons (Fsp3) is 0.364. The summed E-state index contributed by atoms with van der Waals surface area (Å²) in [4.78, 5) is 28.8. The lowest BCUT2D eigenvalue weighted by molar-refractivity contribution is -0.156. The molecular formula is C22H24N2O4. The third-order valence-corrected chi connectivity index (χ3v) is 5.30. The van der Waals surface area contributed by atoms with Crippen LogP contribution in [0.5, 0.6) is 5.75 Å². The van der Waals surface area contributed by atoms with Crippen molar-refractivity contribution in [3.8, 4) is 5.75 Å². The summed E-state index contributed by atoms with van der Waals surface area (Å²) in [6, 6.07) is 17.9. The molecule has 0 aliphatic carbocycles. The zero-order chi connectivity index (χ0) is 19.3. The summed E-state index contributed by atoms with van der Waals surface area (Å²) in [5.74, 6) is -0.0551. The third kappa shape index (κ3) is 4.11. The van der Waals surface area contributed by atoms with Crippen molar-refractivity contribution in [1.29, 1.82) is 0 Å². The Morgan fingerprint density at radius 2 is 1.68 bits per heavy atom. The predicted molar refractivity (Wildman–Crippen MR) is 105 cm³/mol. The molecule has 0 aromatic heterocycles. The van der Waals surface area contributed by atoms with Crippen LogP contribution in [0.15, 0.2) is 54.6 Å². The molecule has 0 unspecified atom stereocenters. The molecule has 6 nitrogen and oxygen atoms in total. The van der Waals surface area contributed by atoms with Crippen LogP contribution in [0.25, 0.3) is 0 Å². The van der Waals surface area contributed by atoms with E-state index in [0.29, 0.717) is 26.1 Å². The lowest BCUT2D eigenvalue weighted by Crippen LogP contribution is -2.50. The van der Waals surface area contributed by atoms with Crippen LogP contribution < -0.4 is 9.64 Å². The molecule has 2 heterocycles. The SMILES string of the molecule is O=C(OCC(=O)N1CCN(c2ccccc2)CC1)[C@H]1COc2ccccc2C1. The molecule has 28 heavy (non-hydrogen) atoms. The van der Waals surface area contributed by atoms with E-state index in [1.807, 2.05) is 42.5 Å². The summed E-state index contributed by atoms with van der Waals surface area (Å²) >= 11 is 0. The van der Waals surface area contributed by atoms with Crippen LogP contribution in [0.1, 0.15) is 5.56 Å². The highest BCUT2D eigenvalue weighted by molar-refractivity contribution is 5.82. The van der Waals surface area contributed by atoms with Crippen molar-refractivity contribution in [2.24, 2.45) is 5.92 Å². The van der Waals surface area contributed by atoms with E-state index < -0.39 is 0 Å². The number of fused-ring (bicyclic) bond motifs is 1. The van der Waals surface area contributed by atoms with Crippen LogP contribution in [0.2, 0.25) is 0 Å². The largest absolute Gasteiger partial charge is 0.492 e. The van der Waals surface area contributed by atoms with Crippen LogP contribution in [-0.4, -0.2) is 56.2 Å². The van der Waals surface area contributed by atoms with Gasteiger partial charge in [-0.1, -0.05) is 36.4 Å². The van der Waals surface area contributed by atoms with Crippen molar-refractivity contribution in [1.82, 2.24) is 4.90 Å². The summed E-state index contributed by atoms with van der Waals surface area (Å²) < 4.78 is 10.9. The Hall–Kier alpha value is -3.02. The number of hydrogen-bond donors (Lipinski definition) is 0. The van der Waals surface area contributed by atoms with E-state index in [1.54, 1.807) is 4.90 Å². The van der Waals surface area contributed by atoms with E-state index in [1.165, 1.54) is 5.69 Å². The maximum Gasteiger partial charge on any atom is 0.313 e. The molecule has 1 atom stereocenters. The van der Waals surface area contributed by atoms with Gasteiger partial charge in [0.15, 0.2) is 6.61 Å². The average molecular weight is 380 g/mol. The number of nitrogens with zero attached hydrogens (tertiary/aromatic N) is 2. The van der Waals surface area contributed by atoms with Crippen LogP contribution in [0.4, 0.5) is 5.69 Å².